The molecule has 0 spiro atoms. The molecule has 0 saturated carbocycles. The number of pyridine rings is 1. The molecule has 4 atom stereocenters. The molecule has 2 aromatic heterocycles. The Morgan fingerprint density at radius 3 is 2.61 bits per heavy atom. The van der Waals surface area contributed by atoms with E-state index < -0.39 is 28.9 Å². The molecule has 0 radical (unpaired) electrons. The molecular weight excluding hydrogens is 657 g/mol. The van der Waals surface area contributed by atoms with E-state index in [4.69, 9.17) is 20.9 Å². The van der Waals surface area contributed by atoms with Gasteiger partial charge in [-0.3, -0.25) is 14.8 Å². The fourth-order valence-corrected chi connectivity index (χ4v) is 8.54. The highest BCUT2D eigenvalue weighted by Crippen LogP contribution is 2.43. The number of terminal acetylenes is 1. The number of piperazine rings is 1. The van der Waals surface area contributed by atoms with Crippen molar-refractivity contribution in [1.82, 2.24) is 24.8 Å². The first kappa shape index (κ1) is 33.3. The van der Waals surface area contributed by atoms with E-state index in [0.29, 0.717) is 66.6 Å². The fourth-order valence-electron chi connectivity index (χ4n) is 8.54. The van der Waals surface area contributed by atoms with Gasteiger partial charge in [-0.25, -0.2) is 18.0 Å². The lowest BCUT2D eigenvalue weighted by molar-refractivity contribution is 0.0122. The average Bonchev–Trinajstić information content (AvgIpc) is 3.65. The van der Waals surface area contributed by atoms with Crippen LogP contribution in [0.5, 0.6) is 6.01 Å². The third kappa shape index (κ3) is 5.72. The summed E-state index contributed by atoms with van der Waals surface area (Å²) >= 11 is 0. The molecule has 264 valence electrons. The molecule has 2 aromatic carbocycles. The van der Waals surface area contributed by atoms with Crippen LogP contribution < -0.4 is 9.64 Å². The number of carbonyl (C=O) groups excluding carboxylic acids is 1. The number of nitrogens with zero attached hydrogens (tertiary/aromatic N) is 6. The molecule has 1 amide bonds. The van der Waals surface area contributed by atoms with Gasteiger partial charge in [0.1, 0.15) is 41.2 Å². The summed E-state index contributed by atoms with van der Waals surface area (Å²) in [6, 6.07) is 7.71. The van der Waals surface area contributed by atoms with Gasteiger partial charge in [0.2, 0.25) is 0 Å². The highest BCUT2D eigenvalue weighted by atomic mass is 19.1. The summed E-state index contributed by atoms with van der Waals surface area (Å²) in [5.74, 6) is 1.50. The molecule has 0 N–H and O–H groups in total. The molecule has 4 saturated heterocycles. The number of aromatic nitrogens is 3. The molecular formula is C39H39F3N6O3. The van der Waals surface area contributed by atoms with Crippen LogP contribution in [0, 0.1) is 24.0 Å². The van der Waals surface area contributed by atoms with E-state index in [0.717, 1.165) is 18.4 Å². The SMILES string of the molecule is C#Cc1c(F)ccc2cccc(-c3ncc4c(N5C[C@H]6CC[C@@H](C5)N6C(=O)OC(C)(C)C)nc(OC[C@]56CC(=C)CN5C[C@H](F)C6)nc4c3F)c12. The maximum absolute atomic E-state index is 17.0. The van der Waals surface area contributed by atoms with E-state index >= 15 is 4.39 Å². The van der Waals surface area contributed by atoms with Crippen LogP contribution in [0.4, 0.5) is 23.8 Å². The van der Waals surface area contributed by atoms with Gasteiger partial charge in [-0.15, -0.1) is 6.42 Å². The molecule has 4 fully saturated rings. The van der Waals surface area contributed by atoms with Crippen molar-refractivity contribution in [2.75, 3.05) is 37.7 Å². The Kier molecular flexibility index (Phi) is 7.90. The van der Waals surface area contributed by atoms with Gasteiger partial charge in [-0.1, -0.05) is 42.3 Å². The van der Waals surface area contributed by atoms with Gasteiger partial charge in [0.25, 0.3) is 0 Å². The third-order valence-corrected chi connectivity index (χ3v) is 10.6. The second-order valence-corrected chi connectivity index (χ2v) is 15.3. The minimum atomic E-state index is -0.990. The molecule has 8 rings (SSSR count). The molecule has 0 unspecified atom stereocenters. The molecule has 4 aliphatic heterocycles. The van der Waals surface area contributed by atoms with E-state index in [9.17, 15) is 13.6 Å². The zero-order valence-corrected chi connectivity index (χ0v) is 28.9. The summed E-state index contributed by atoms with van der Waals surface area (Å²) in [7, 11) is 0. The van der Waals surface area contributed by atoms with Crippen molar-refractivity contribution in [3.8, 4) is 29.6 Å². The van der Waals surface area contributed by atoms with Gasteiger partial charge in [0, 0.05) is 49.7 Å². The van der Waals surface area contributed by atoms with Crippen LogP contribution in [0.1, 0.15) is 52.0 Å². The Morgan fingerprint density at radius 2 is 1.88 bits per heavy atom. The molecule has 4 aromatic rings. The smallest absolute Gasteiger partial charge is 0.410 e. The van der Waals surface area contributed by atoms with E-state index in [-0.39, 0.29) is 47.6 Å². The van der Waals surface area contributed by atoms with E-state index in [1.54, 1.807) is 24.3 Å². The van der Waals surface area contributed by atoms with Crippen LogP contribution in [0.3, 0.4) is 0 Å². The minimum absolute atomic E-state index is 0.0137. The van der Waals surface area contributed by atoms with Crippen molar-refractivity contribution in [3.63, 3.8) is 0 Å². The van der Waals surface area contributed by atoms with Crippen molar-refractivity contribution in [1.29, 1.82) is 0 Å². The largest absolute Gasteiger partial charge is 0.461 e. The second kappa shape index (κ2) is 12.1. The van der Waals surface area contributed by atoms with Crippen LogP contribution in [-0.2, 0) is 4.74 Å². The Bertz CT molecular complexity index is 2130. The summed E-state index contributed by atoms with van der Waals surface area (Å²) in [5, 5.41) is 1.36. The Morgan fingerprint density at radius 1 is 1.12 bits per heavy atom. The van der Waals surface area contributed by atoms with Crippen LogP contribution >= 0.6 is 0 Å². The molecule has 0 aliphatic carbocycles. The lowest BCUT2D eigenvalue weighted by Gasteiger charge is -2.42. The molecule has 6 heterocycles. The molecule has 9 nitrogen and oxygen atoms in total. The van der Waals surface area contributed by atoms with Crippen LogP contribution in [0.25, 0.3) is 32.9 Å². The number of hydrogen-bond donors (Lipinski definition) is 0. The molecule has 4 aliphatic rings. The fraction of sp³-hybridized carbons (Fsp3) is 0.436. The van der Waals surface area contributed by atoms with Crippen LogP contribution in [-0.4, -0.2) is 93.0 Å². The van der Waals surface area contributed by atoms with E-state index in [1.807, 2.05) is 30.6 Å². The quantitative estimate of drug-likeness (QED) is 0.166. The van der Waals surface area contributed by atoms with Crippen molar-refractivity contribution in [2.45, 2.75) is 75.8 Å². The average molecular weight is 697 g/mol. The molecule has 12 heteroatoms. The topological polar surface area (TPSA) is 83.9 Å². The predicted molar refractivity (Wildman–Crippen MR) is 188 cm³/mol. The second-order valence-electron chi connectivity index (χ2n) is 15.3. The summed E-state index contributed by atoms with van der Waals surface area (Å²) < 4.78 is 58.6. The lowest BCUT2D eigenvalue weighted by Crippen LogP contribution is -2.57. The Balaban J connectivity index is 1.22. The van der Waals surface area contributed by atoms with Gasteiger partial charge < -0.3 is 14.4 Å². The van der Waals surface area contributed by atoms with Crippen LogP contribution in [0.2, 0.25) is 0 Å². The van der Waals surface area contributed by atoms with Gasteiger partial charge in [0.15, 0.2) is 5.82 Å². The number of anilines is 1. The van der Waals surface area contributed by atoms with Crippen molar-refractivity contribution in [2.24, 2.45) is 0 Å². The normalized spacial score (nSPS) is 24.7. The van der Waals surface area contributed by atoms with Gasteiger partial charge in [-0.05, 0) is 51.5 Å². The first-order chi connectivity index (χ1) is 24.3. The van der Waals surface area contributed by atoms with E-state index in [2.05, 4.69) is 27.4 Å². The van der Waals surface area contributed by atoms with Crippen molar-refractivity contribution < 1.29 is 27.4 Å². The predicted octanol–water partition coefficient (Wildman–Crippen LogP) is 6.81. The van der Waals surface area contributed by atoms with E-state index in [1.165, 1.54) is 12.3 Å². The number of rotatable bonds is 5. The molecule has 2 bridgehead atoms. The lowest BCUT2D eigenvalue weighted by atomic mass is 9.93. The van der Waals surface area contributed by atoms with Gasteiger partial charge >= 0.3 is 12.1 Å². The number of ether oxygens (including phenoxy) is 2. The minimum Gasteiger partial charge on any atom is -0.461 e. The Hall–Kier alpha value is -4.89. The maximum Gasteiger partial charge on any atom is 0.410 e. The number of carbonyl (C=O) groups is 1. The number of amides is 1. The summed E-state index contributed by atoms with van der Waals surface area (Å²) in [6.45, 7) is 11.5. The first-order valence-electron chi connectivity index (χ1n) is 17.3. The number of benzene rings is 2. The standard InChI is InChI=1S/C39H39F3N6O3/c1-6-27-30(41)13-10-23-8-7-9-28(31(23)27)33-32(42)34-29(16-43-33)35(46-19-25-11-12-26(20-46)48(25)37(49)51-38(3,4)5)45-36(44-34)50-21-39-14-22(2)17-47(39)18-24(40)15-39/h1,7-10,13,16,24-26H,2,11-12,14-15,17-21H2,3-5H3/t24-,25-,26+,39-/m1/s1. The van der Waals surface area contributed by atoms with Gasteiger partial charge in [0.05, 0.1) is 28.6 Å². The number of alkyl halides is 1. The highest BCUT2D eigenvalue weighted by Gasteiger charge is 2.51. The van der Waals surface area contributed by atoms with Crippen LogP contribution in [0.15, 0.2) is 48.7 Å². The number of hydrogen-bond acceptors (Lipinski definition) is 8. The van der Waals surface area contributed by atoms with Crippen molar-refractivity contribution in [3.05, 3.63) is 65.9 Å². The maximum atomic E-state index is 17.0. The highest BCUT2D eigenvalue weighted by molar-refractivity contribution is 6.02. The monoisotopic (exact) mass is 696 g/mol. The Labute approximate surface area is 294 Å². The zero-order valence-electron chi connectivity index (χ0n) is 28.9. The van der Waals surface area contributed by atoms with Gasteiger partial charge in [-0.2, -0.15) is 9.97 Å². The summed E-state index contributed by atoms with van der Waals surface area (Å²) in [5.41, 5.74) is 0.0376. The van der Waals surface area contributed by atoms with Crippen molar-refractivity contribution >= 4 is 33.6 Å². The zero-order chi connectivity index (χ0) is 35.8. The number of halogens is 3. The third-order valence-electron chi connectivity index (χ3n) is 10.6. The molecule has 51 heavy (non-hydrogen) atoms. The summed E-state index contributed by atoms with van der Waals surface area (Å²) in [6.07, 6.45) is 8.35. The summed E-state index contributed by atoms with van der Waals surface area (Å²) in [4.78, 5) is 33.1. The first-order valence-corrected chi connectivity index (χ1v) is 17.3. The number of fused-ring (bicyclic) bond motifs is 5.